The summed E-state index contributed by atoms with van der Waals surface area (Å²) in [7, 11) is 3.04. The monoisotopic (exact) mass is 313 g/mol. The van der Waals surface area contributed by atoms with Crippen molar-refractivity contribution >= 4 is 29.3 Å². The standard InChI is InChI=1S/C14H19NO5S/c1-4-12(14(17)18)21-8-13(16)15-9-5-6-10(19-2)11(7-9)20-3/h5-7,12H,4,8H2,1-3H3,(H,15,16)(H,17,18). The molecule has 0 fully saturated rings. The van der Waals surface area contributed by atoms with E-state index in [9.17, 15) is 9.59 Å². The molecule has 1 aromatic rings. The van der Waals surface area contributed by atoms with Crippen molar-refractivity contribution in [2.45, 2.75) is 18.6 Å². The summed E-state index contributed by atoms with van der Waals surface area (Å²) in [6, 6.07) is 5.03. The molecule has 7 heteroatoms. The highest BCUT2D eigenvalue weighted by molar-refractivity contribution is 8.01. The maximum Gasteiger partial charge on any atom is 0.316 e. The first-order valence-electron chi connectivity index (χ1n) is 6.38. The summed E-state index contributed by atoms with van der Waals surface area (Å²) < 4.78 is 10.3. The van der Waals surface area contributed by atoms with E-state index in [1.807, 2.05) is 0 Å². The first-order chi connectivity index (χ1) is 10.0. The molecule has 0 aromatic heterocycles. The van der Waals surface area contributed by atoms with Crippen molar-refractivity contribution in [3.63, 3.8) is 0 Å². The Morgan fingerprint density at radius 1 is 1.29 bits per heavy atom. The van der Waals surface area contributed by atoms with Gasteiger partial charge in [-0.05, 0) is 18.6 Å². The summed E-state index contributed by atoms with van der Waals surface area (Å²) in [6.45, 7) is 1.78. The Kier molecular flexibility index (Phi) is 6.87. The van der Waals surface area contributed by atoms with E-state index in [-0.39, 0.29) is 11.7 Å². The number of thioether (sulfide) groups is 1. The Hall–Kier alpha value is -1.89. The molecular weight excluding hydrogens is 294 g/mol. The van der Waals surface area contributed by atoms with E-state index in [4.69, 9.17) is 14.6 Å². The number of carbonyl (C=O) groups is 2. The van der Waals surface area contributed by atoms with Gasteiger partial charge >= 0.3 is 5.97 Å². The Morgan fingerprint density at radius 2 is 1.95 bits per heavy atom. The molecule has 0 radical (unpaired) electrons. The van der Waals surface area contributed by atoms with Crippen molar-refractivity contribution in [1.29, 1.82) is 0 Å². The molecule has 1 amide bonds. The third kappa shape index (κ3) is 5.18. The second-order valence-electron chi connectivity index (χ2n) is 4.16. The lowest BCUT2D eigenvalue weighted by molar-refractivity contribution is -0.136. The average molecular weight is 313 g/mol. The summed E-state index contributed by atoms with van der Waals surface area (Å²) in [5, 5.41) is 11.0. The molecule has 0 bridgehead atoms. The van der Waals surface area contributed by atoms with Gasteiger partial charge in [0.1, 0.15) is 5.25 Å². The summed E-state index contributed by atoms with van der Waals surface area (Å²) in [4.78, 5) is 22.7. The predicted octanol–water partition coefficient (Wildman–Crippen LogP) is 2.24. The van der Waals surface area contributed by atoms with Crippen LogP contribution in [0.5, 0.6) is 11.5 Å². The zero-order valence-electron chi connectivity index (χ0n) is 12.2. The van der Waals surface area contributed by atoms with E-state index in [1.54, 1.807) is 25.1 Å². The first-order valence-corrected chi connectivity index (χ1v) is 7.43. The average Bonchev–Trinajstić information content (AvgIpc) is 2.47. The quantitative estimate of drug-likeness (QED) is 0.765. The molecule has 0 heterocycles. The molecule has 2 N–H and O–H groups in total. The topological polar surface area (TPSA) is 84.9 Å². The zero-order valence-corrected chi connectivity index (χ0v) is 13.0. The number of anilines is 1. The van der Waals surface area contributed by atoms with Crippen molar-refractivity contribution in [1.82, 2.24) is 0 Å². The Balaban J connectivity index is 2.60. The molecule has 0 aliphatic rings. The van der Waals surface area contributed by atoms with Crippen molar-refractivity contribution in [3.8, 4) is 11.5 Å². The zero-order chi connectivity index (χ0) is 15.8. The lowest BCUT2D eigenvalue weighted by Crippen LogP contribution is -2.20. The van der Waals surface area contributed by atoms with Crippen LogP contribution in [0.15, 0.2) is 18.2 Å². The van der Waals surface area contributed by atoms with E-state index in [0.29, 0.717) is 23.6 Å². The predicted molar refractivity (Wildman–Crippen MR) is 82.3 cm³/mol. The van der Waals surface area contributed by atoms with E-state index in [0.717, 1.165) is 11.8 Å². The number of aliphatic carboxylic acids is 1. The maximum atomic E-state index is 11.8. The lowest BCUT2D eigenvalue weighted by atomic mass is 10.2. The first kappa shape index (κ1) is 17.2. The van der Waals surface area contributed by atoms with Gasteiger partial charge in [0.05, 0.1) is 20.0 Å². The SMILES string of the molecule is CCC(SCC(=O)Nc1ccc(OC)c(OC)c1)C(=O)O. The molecule has 116 valence electrons. The molecule has 0 spiro atoms. The van der Waals surface area contributed by atoms with Gasteiger partial charge in [-0.1, -0.05) is 6.92 Å². The molecule has 0 saturated heterocycles. The van der Waals surface area contributed by atoms with Crippen LogP contribution in [0.1, 0.15) is 13.3 Å². The Morgan fingerprint density at radius 3 is 2.48 bits per heavy atom. The fourth-order valence-corrected chi connectivity index (χ4v) is 2.45. The molecule has 0 aliphatic carbocycles. The van der Waals surface area contributed by atoms with Crippen LogP contribution in [-0.4, -0.2) is 42.2 Å². The van der Waals surface area contributed by atoms with Gasteiger partial charge in [0.25, 0.3) is 0 Å². The maximum absolute atomic E-state index is 11.8. The highest BCUT2D eigenvalue weighted by Crippen LogP contribution is 2.29. The minimum absolute atomic E-state index is 0.0825. The largest absolute Gasteiger partial charge is 0.493 e. The van der Waals surface area contributed by atoms with Crippen LogP contribution in [-0.2, 0) is 9.59 Å². The van der Waals surface area contributed by atoms with Crippen LogP contribution in [0.25, 0.3) is 0 Å². The number of benzene rings is 1. The van der Waals surface area contributed by atoms with E-state index < -0.39 is 11.2 Å². The summed E-state index contributed by atoms with van der Waals surface area (Å²) in [6.07, 6.45) is 0.476. The summed E-state index contributed by atoms with van der Waals surface area (Å²) in [5.41, 5.74) is 0.571. The van der Waals surface area contributed by atoms with Crippen LogP contribution in [0.2, 0.25) is 0 Å². The van der Waals surface area contributed by atoms with Gasteiger partial charge in [-0.2, -0.15) is 0 Å². The molecule has 1 rings (SSSR count). The molecule has 1 atom stereocenters. The number of hydrogen-bond donors (Lipinski definition) is 2. The van der Waals surface area contributed by atoms with Gasteiger partial charge in [0.15, 0.2) is 11.5 Å². The fraction of sp³-hybridized carbons (Fsp3) is 0.429. The van der Waals surface area contributed by atoms with Crippen molar-refractivity contribution in [2.24, 2.45) is 0 Å². The lowest BCUT2D eigenvalue weighted by Gasteiger charge is -2.12. The van der Waals surface area contributed by atoms with Crippen LogP contribution >= 0.6 is 11.8 Å². The molecule has 1 unspecified atom stereocenters. The third-order valence-electron chi connectivity index (χ3n) is 2.73. The second kappa shape index (κ2) is 8.41. The number of ether oxygens (including phenoxy) is 2. The van der Waals surface area contributed by atoms with Gasteiger partial charge < -0.3 is 19.9 Å². The number of carbonyl (C=O) groups excluding carboxylic acids is 1. The number of nitrogens with one attached hydrogen (secondary N) is 1. The van der Waals surface area contributed by atoms with Crippen molar-refractivity contribution in [2.75, 3.05) is 25.3 Å². The molecule has 21 heavy (non-hydrogen) atoms. The highest BCUT2D eigenvalue weighted by Gasteiger charge is 2.17. The summed E-state index contributed by atoms with van der Waals surface area (Å²) in [5.74, 6) is 0.00847. The van der Waals surface area contributed by atoms with Crippen molar-refractivity contribution < 1.29 is 24.2 Å². The Labute approximate surface area is 127 Å². The van der Waals surface area contributed by atoms with Crippen LogP contribution in [0.4, 0.5) is 5.69 Å². The van der Waals surface area contributed by atoms with Gasteiger partial charge in [-0.25, -0.2) is 0 Å². The van der Waals surface area contributed by atoms with Gasteiger partial charge in [0, 0.05) is 11.8 Å². The van der Waals surface area contributed by atoms with Gasteiger partial charge in [-0.15, -0.1) is 11.8 Å². The minimum atomic E-state index is -0.901. The Bertz CT molecular complexity index is 506. The number of amides is 1. The third-order valence-corrected chi connectivity index (χ3v) is 4.10. The van der Waals surface area contributed by atoms with Crippen LogP contribution in [0, 0.1) is 0 Å². The minimum Gasteiger partial charge on any atom is -0.493 e. The molecular formula is C14H19NO5S. The van der Waals surface area contributed by atoms with Crippen molar-refractivity contribution in [3.05, 3.63) is 18.2 Å². The second-order valence-corrected chi connectivity index (χ2v) is 5.36. The van der Waals surface area contributed by atoms with Crippen LogP contribution in [0.3, 0.4) is 0 Å². The molecule has 6 nitrogen and oxygen atoms in total. The van der Waals surface area contributed by atoms with Gasteiger partial charge in [0.2, 0.25) is 5.91 Å². The molecule has 1 aromatic carbocycles. The molecule has 0 saturated carbocycles. The number of methoxy groups -OCH3 is 2. The van der Waals surface area contributed by atoms with Crippen LogP contribution < -0.4 is 14.8 Å². The smallest absolute Gasteiger partial charge is 0.316 e. The van der Waals surface area contributed by atoms with E-state index >= 15 is 0 Å². The fourth-order valence-electron chi connectivity index (χ4n) is 1.65. The molecule has 0 aliphatic heterocycles. The van der Waals surface area contributed by atoms with E-state index in [1.165, 1.54) is 14.2 Å². The normalized spacial score (nSPS) is 11.6. The van der Waals surface area contributed by atoms with E-state index in [2.05, 4.69) is 5.32 Å². The number of carboxylic acids is 1. The highest BCUT2D eigenvalue weighted by atomic mass is 32.2. The van der Waals surface area contributed by atoms with Gasteiger partial charge in [-0.3, -0.25) is 9.59 Å². The number of rotatable bonds is 8. The number of hydrogen-bond acceptors (Lipinski definition) is 5. The summed E-state index contributed by atoms with van der Waals surface area (Å²) >= 11 is 1.11. The number of carboxylic acid groups (broad SMARTS) is 1.